The number of esters is 2. The Balaban J connectivity index is 1.08. The number of likely N-dealkylation sites (tertiary alicyclic amines) is 1. The van der Waals surface area contributed by atoms with Gasteiger partial charge in [-0.2, -0.15) is 8.78 Å². The summed E-state index contributed by atoms with van der Waals surface area (Å²) in [5.41, 5.74) is 0.333. The van der Waals surface area contributed by atoms with Gasteiger partial charge in [-0.15, -0.1) is 15.0 Å². The van der Waals surface area contributed by atoms with E-state index < -0.39 is 36.9 Å². The third-order valence-electron chi connectivity index (χ3n) is 9.22. The van der Waals surface area contributed by atoms with Gasteiger partial charge in [0.1, 0.15) is 11.9 Å². The second-order valence-electron chi connectivity index (χ2n) is 13.7. The number of nitrogens with zero attached hydrogens (tertiary/aromatic N) is 5. The van der Waals surface area contributed by atoms with E-state index in [9.17, 15) is 37.9 Å². The Kier molecular flexibility index (Phi) is 15.7. The molecule has 18 heteroatoms. The zero-order chi connectivity index (χ0) is 40.1. The summed E-state index contributed by atoms with van der Waals surface area (Å²) in [7, 11) is -4.67. The van der Waals surface area contributed by atoms with Crippen LogP contribution in [-0.4, -0.2) is 87.0 Å². The summed E-state index contributed by atoms with van der Waals surface area (Å²) in [5.74, 6) is -3.83. The molecule has 55 heavy (non-hydrogen) atoms. The highest BCUT2D eigenvalue weighted by Gasteiger charge is 2.40. The monoisotopic (exact) mass is 791 g/mol. The molecule has 300 valence electrons. The van der Waals surface area contributed by atoms with E-state index in [-0.39, 0.29) is 62.1 Å². The molecule has 1 unspecified atom stereocenters. The Bertz CT molecular complexity index is 1790. The molecule has 3 atom stereocenters. The van der Waals surface area contributed by atoms with Crippen LogP contribution in [0, 0.1) is 0 Å². The fourth-order valence-electron chi connectivity index (χ4n) is 5.86. The first-order valence-electron chi connectivity index (χ1n) is 18.1. The molecule has 0 saturated carbocycles. The van der Waals surface area contributed by atoms with Crippen molar-refractivity contribution >= 4 is 25.4 Å². The van der Waals surface area contributed by atoms with Crippen molar-refractivity contribution < 1.29 is 57.2 Å². The maximum Gasteiger partial charge on any atom is 0.356 e. The van der Waals surface area contributed by atoms with E-state index in [0.717, 1.165) is 38.7 Å². The number of carbonyl (C=O) groups is 3. The van der Waals surface area contributed by atoms with Crippen molar-refractivity contribution in [2.24, 2.45) is 0 Å². The number of aliphatic hydroxyl groups excluding tert-OH is 1. The summed E-state index contributed by atoms with van der Waals surface area (Å²) in [6.45, 7) is 1.31. The number of halogens is 2. The average Bonchev–Trinajstić information content (AvgIpc) is 3.75. The minimum Gasteiger partial charge on any atom is -0.440 e. The number of alkyl halides is 2. The summed E-state index contributed by atoms with van der Waals surface area (Å²) >= 11 is 0. The molecule has 1 fully saturated rings. The van der Waals surface area contributed by atoms with E-state index in [1.165, 1.54) is 47.3 Å². The third kappa shape index (κ3) is 13.4. The summed E-state index contributed by atoms with van der Waals surface area (Å²) in [6, 6.07) is 13.0. The van der Waals surface area contributed by atoms with Crippen molar-refractivity contribution in [2.75, 3.05) is 6.54 Å². The van der Waals surface area contributed by atoms with Gasteiger partial charge in [-0.1, -0.05) is 67.5 Å². The lowest BCUT2D eigenvalue weighted by Crippen LogP contribution is -2.34. The zero-order valence-corrected chi connectivity index (χ0v) is 31.5. The van der Waals surface area contributed by atoms with Crippen molar-refractivity contribution in [2.45, 2.75) is 114 Å². The van der Waals surface area contributed by atoms with Crippen LogP contribution >= 0.6 is 7.60 Å². The lowest BCUT2D eigenvalue weighted by Gasteiger charge is -2.24. The summed E-state index contributed by atoms with van der Waals surface area (Å²) in [4.78, 5) is 58.0. The molecule has 0 spiro atoms. The van der Waals surface area contributed by atoms with Gasteiger partial charge in [0.05, 0.1) is 12.5 Å². The van der Waals surface area contributed by atoms with Crippen LogP contribution in [0.25, 0.3) is 0 Å². The molecule has 3 aromatic rings. The molecule has 1 aliphatic rings. The van der Waals surface area contributed by atoms with Crippen LogP contribution in [0.3, 0.4) is 0 Å². The van der Waals surface area contributed by atoms with E-state index in [0.29, 0.717) is 37.2 Å². The molecule has 2 aromatic carbocycles. The highest BCUT2D eigenvalue weighted by molar-refractivity contribution is 7.53. The van der Waals surface area contributed by atoms with Gasteiger partial charge in [0, 0.05) is 31.4 Å². The molecular formula is C37H48F2N5O10P. The van der Waals surface area contributed by atoms with E-state index in [1.807, 2.05) is 0 Å². The number of aryl methyl sites for hydroxylation is 1. The fourth-order valence-corrected chi connectivity index (χ4v) is 6.31. The van der Waals surface area contributed by atoms with E-state index in [2.05, 4.69) is 15.4 Å². The lowest BCUT2D eigenvalue weighted by atomic mass is 10.0. The molecule has 15 nitrogen and oxygen atoms in total. The number of tetrazole rings is 1. The second kappa shape index (κ2) is 20.0. The van der Waals surface area contributed by atoms with Gasteiger partial charge >= 0.3 is 25.5 Å². The number of hydrogen-bond donors (Lipinski definition) is 4. The molecule has 1 aromatic heterocycles. The smallest absolute Gasteiger partial charge is 0.356 e. The van der Waals surface area contributed by atoms with Crippen LogP contribution in [0.15, 0.2) is 66.7 Å². The molecule has 2 heterocycles. The fraction of sp³-hybridized carbons (Fsp3) is 0.514. The second-order valence-corrected chi connectivity index (χ2v) is 15.7. The van der Waals surface area contributed by atoms with Gasteiger partial charge in [-0.25, -0.2) is 0 Å². The first-order chi connectivity index (χ1) is 26.0. The largest absolute Gasteiger partial charge is 0.440 e. The van der Waals surface area contributed by atoms with Gasteiger partial charge < -0.3 is 34.4 Å². The molecule has 1 amide bonds. The quantitative estimate of drug-likeness (QED) is 0.0361. The first-order valence-corrected chi connectivity index (χ1v) is 19.8. The Morgan fingerprint density at radius 3 is 2.44 bits per heavy atom. The van der Waals surface area contributed by atoms with Crippen molar-refractivity contribution in [3.63, 3.8) is 0 Å². The Morgan fingerprint density at radius 1 is 1.02 bits per heavy atom. The minimum absolute atomic E-state index is 0.00934. The summed E-state index contributed by atoms with van der Waals surface area (Å²) < 4.78 is 51.1. The number of aromatic nitrogens is 4. The van der Waals surface area contributed by atoms with Gasteiger partial charge in [-0.05, 0) is 68.4 Å². The Hall–Kier alpha value is -4.41. The summed E-state index contributed by atoms with van der Waals surface area (Å²) in [5, 5.41) is 30.0. The average molecular weight is 792 g/mol. The maximum absolute atomic E-state index is 14.6. The Morgan fingerprint density at radius 2 is 1.73 bits per heavy atom. The minimum atomic E-state index is -4.67. The van der Waals surface area contributed by atoms with Crippen LogP contribution in [-0.2, 0) is 49.2 Å². The number of carbonyl (C=O) groups excluding carboxylic acids is 3. The van der Waals surface area contributed by atoms with Crippen molar-refractivity contribution in [1.29, 1.82) is 0 Å². The molecule has 4 N–H and O–H groups in total. The van der Waals surface area contributed by atoms with E-state index >= 15 is 0 Å². The predicted molar refractivity (Wildman–Crippen MR) is 193 cm³/mol. The topological polar surface area (TPSA) is 214 Å². The number of rotatable bonds is 22. The molecule has 4 rings (SSSR count). The number of unbranched alkanes of at least 4 members (excludes halogenated alkanes) is 4. The van der Waals surface area contributed by atoms with Gasteiger partial charge in [-0.3, -0.25) is 18.9 Å². The van der Waals surface area contributed by atoms with Gasteiger partial charge in [0.15, 0.2) is 11.2 Å². The molecule has 0 radical (unpaired) electrons. The predicted octanol–water partition coefficient (Wildman–Crippen LogP) is 4.57. The number of ether oxygens (including phenoxy) is 2. The maximum atomic E-state index is 14.6. The van der Waals surface area contributed by atoms with Crippen LogP contribution in [0.4, 0.5) is 8.78 Å². The zero-order valence-electron chi connectivity index (χ0n) is 30.6. The van der Waals surface area contributed by atoms with Gasteiger partial charge in [0.25, 0.3) is 0 Å². The molecule has 0 bridgehead atoms. The number of amides is 1. The molecular weight excluding hydrogens is 743 g/mol. The highest BCUT2D eigenvalue weighted by atomic mass is 31.2. The lowest BCUT2D eigenvalue weighted by molar-refractivity contribution is -0.147. The van der Waals surface area contributed by atoms with Crippen molar-refractivity contribution in [3.8, 4) is 5.75 Å². The normalized spacial score (nSPS) is 16.7. The molecule has 1 saturated heterocycles. The van der Waals surface area contributed by atoms with Crippen molar-refractivity contribution in [3.05, 3.63) is 83.7 Å². The van der Waals surface area contributed by atoms with Crippen LogP contribution < -0.4 is 4.74 Å². The van der Waals surface area contributed by atoms with Crippen molar-refractivity contribution in [1.82, 2.24) is 25.1 Å². The highest BCUT2D eigenvalue weighted by Crippen LogP contribution is 2.51. The summed E-state index contributed by atoms with van der Waals surface area (Å²) in [6.07, 6.45) is 5.34. The molecule has 0 aliphatic carbocycles. The third-order valence-corrected chi connectivity index (χ3v) is 10.7. The van der Waals surface area contributed by atoms with E-state index in [1.54, 1.807) is 23.1 Å². The van der Waals surface area contributed by atoms with Crippen LogP contribution in [0.5, 0.6) is 5.75 Å². The number of benzene rings is 2. The van der Waals surface area contributed by atoms with Crippen LogP contribution in [0.1, 0.15) is 88.1 Å². The standard InChI is InChI=1S/C37H48F2N5O10P/c1-36(49,55(50,51)52)23-9-8-14-34(47)54-30-19-15-27(16-20-30)25-35(48)53-26-44-41-32(40-42-44)13-7-2-3-10-24-43-29(18-22-33(43)46)17-21-31(45)37(38,39)28-11-5-4-6-12-28/h4-6,11-12,15-17,19-21,29,31,45,49H,2-3,7-10,13-14,18,22-26H2,1H3,(H2,50,51,52)/b21-17+/t29-,31+,36?/m0/s1. The number of hydrogen-bond acceptors (Lipinski definition) is 11. The SMILES string of the molecule is CC(O)(CCCCC(=O)Oc1ccc(CC(=O)OCn2nnc(CCCCCCN3C(=O)CC[C@@H]3/C=C/[C@@H](O)C(F)(F)c3ccccc3)n2)cc1)P(=O)(O)O. The number of aliphatic hydroxyl groups is 2. The van der Waals surface area contributed by atoms with Crippen LogP contribution in [0.2, 0.25) is 0 Å². The van der Waals surface area contributed by atoms with E-state index in [4.69, 9.17) is 19.3 Å². The van der Waals surface area contributed by atoms with Gasteiger partial charge in [0.2, 0.25) is 12.6 Å². The molecule has 1 aliphatic heterocycles. The first kappa shape index (κ1) is 43.3. The Labute approximate surface area is 317 Å².